The van der Waals surface area contributed by atoms with Gasteiger partial charge in [-0.25, -0.2) is 14.8 Å². The highest BCUT2D eigenvalue weighted by atomic mass is 28.3. The number of anilines is 2. The molecule has 4 aromatic rings. The van der Waals surface area contributed by atoms with E-state index in [0.717, 1.165) is 72.2 Å². The Morgan fingerprint density at radius 1 is 1.02 bits per heavy atom. The van der Waals surface area contributed by atoms with Crippen LogP contribution in [0.15, 0.2) is 55.1 Å². The van der Waals surface area contributed by atoms with Crippen molar-refractivity contribution >= 4 is 42.6 Å². The molecular weight excluding hydrogens is 689 g/mol. The third-order valence-electron chi connectivity index (χ3n) is 9.32. The van der Waals surface area contributed by atoms with Gasteiger partial charge in [-0.1, -0.05) is 31.8 Å². The minimum Gasteiger partial charge on any atom is -0.444 e. The van der Waals surface area contributed by atoms with Gasteiger partial charge in [-0.2, -0.15) is 0 Å². The van der Waals surface area contributed by atoms with Gasteiger partial charge in [0.15, 0.2) is 0 Å². The van der Waals surface area contributed by atoms with Gasteiger partial charge >= 0.3 is 6.09 Å². The van der Waals surface area contributed by atoms with Crippen molar-refractivity contribution in [2.24, 2.45) is 0 Å². The second-order valence-electron chi connectivity index (χ2n) is 16.2. The molecule has 2 aliphatic heterocycles. The van der Waals surface area contributed by atoms with E-state index in [-0.39, 0.29) is 11.9 Å². The Morgan fingerprint density at radius 2 is 1.79 bits per heavy atom. The lowest BCUT2D eigenvalue weighted by atomic mass is 10.0. The van der Waals surface area contributed by atoms with E-state index in [0.29, 0.717) is 50.9 Å². The van der Waals surface area contributed by atoms with Crippen LogP contribution in [-0.4, -0.2) is 102 Å². The number of hydrogen-bond donors (Lipinski definition) is 2. The van der Waals surface area contributed by atoms with Crippen molar-refractivity contribution < 1.29 is 23.8 Å². The first-order chi connectivity index (χ1) is 25.3. The van der Waals surface area contributed by atoms with E-state index in [1.54, 1.807) is 18.7 Å². The van der Waals surface area contributed by atoms with Crippen LogP contribution in [0.25, 0.3) is 22.3 Å². The largest absolute Gasteiger partial charge is 0.444 e. The molecule has 6 rings (SSSR count). The molecule has 2 fully saturated rings. The van der Waals surface area contributed by atoms with Gasteiger partial charge in [0, 0.05) is 65.0 Å². The molecule has 0 unspecified atom stereocenters. The first kappa shape index (κ1) is 38.4. The molecule has 1 atom stereocenters. The van der Waals surface area contributed by atoms with Gasteiger partial charge in [-0.15, -0.1) is 0 Å². The summed E-state index contributed by atoms with van der Waals surface area (Å²) in [5, 5.41) is 7.02. The van der Waals surface area contributed by atoms with Gasteiger partial charge in [0.25, 0.3) is 5.91 Å². The van der Waals surface area contributed by atoms with Crippen LogP contribution in [-0.2, 0) is 27.5 Å². The number of benzene rings is 1. The van der Waals surface area contributed by atoms with Gasteiger partial charge in [0.05, 0.1) is 29.9 Å². The van der Waals surface area contributed by atoms with Gasteiger partial charge < -0.3 is 34.3 Å². The number of morpholine rings is 1. The quantitative estimate of drug-likeness (QED) is 0.124. The summed E-state index contributed by atoms with van der Waals surface area (Å²) in [4.78, 5) is 44.0. The molecule has 2 aliphatic rings. The molecule has 13 nitrogen and oxygen atoms in total. The Balaban J connectivity index is 1.13. The van der Waals surface area contributed by atoms with E-state index in [2.05, 4.69) is 60.7 Å². The number of likely N-dealkylation sites (tertiary alicyclic amines) is 1. The lowest BCUT2D eigenvalue weighted by Crippen LogP contribution is -2.48. The minimum atomic E-state index is -1.25. The molecule has 5 heterocycles. The van der Waals surface area contributed by atoms with Crippen molar-refractivity contribution in [2.75, 3.05) is 56.2 Å². The van der Waals surface area contributed by atoms with Gasteiger partial charge in [0.1, 0.15) is 30.1 Å². The standard InChI is InChI=1S/C39H54N8O5Si/c1-39(2,3)52-38(49)44-32-8-7-13-45(25-32)24-28-20-30(23-40-22-28)37(48)43-31-11-9-29(10-12-31)34-21-33-35(46-14-16-50-17-15-46)41-26-42-36(33)47(34)27-51-18-19-53(4,5)6/h9-12,20-23,26,32H,7-8,13-19,24-25,27H2,1-6H3,(H,43,48)(H,44,49)/t32-/m1/s1. The first-order valence-corrected chi connectivity index (χ1v) is 22.3. The van der Waals surface area contributed by atoms with E-state index in [1.807, 2.05) is 51.1 Å². The van der Waals surface area contributed by atoms with E-state index >= 15 is 0 Å². The third-order valence-corrected chi connectivity index (χ3v) is 11.0. The molecule has 2 N–H and O–H groups in total. The topological polar surface area (TPSA) is 136 Å². The molecule has 0 bridgehead atoms. The van der Waals surface area contributed by atoms with Crippen molar-refractivity contribution in [1.29, 1.82) is 0 Å². The number of nitrogens with one attached hydrogen (secondary N) is 2. The smallest absolute Gasteiger partial charge is 0.407 e. The highest BCUT2D eigenvalue weighted by Gasteiger charge is 2.25. The number of amides is 2. The Labute approximate surface area is 313 Å². The molecule has 0 spiro atoms. The van der Waals surface area contributed by atoms with E-state index in [9.17, 15) is 9.59 Å². The maximum atomic E-state index is 13.4. The van der Waals surface area contributed by atoms with Gasteiger partial charge in [0.2, 0.25) is 0 Å². The number of piperidine rings is 1. The average molecular weight is 743 g/mol. The molecule has 14 heteroatoms. The summed E-state index contributed by atoms with van der Waals surface area (Å²) in [5.41, 5.74) is 4.33. The zero-order chi connectivity index (χ0) is 37.6. The van der Waals surface area contributed by atoms with Crippen LogP contribution in [0, 0.1) is 0 Å². The number of alkyl carbamates (subject to hydrolysis) is 1. The second-order valence-corrected chi connectivity index (χ2v) is 21.8. The van der Waals surface area contributed by atoms with Gasteiger partial charge in [-0.05, 0) is 81.6 Å². The minimum absolute atomic E-state index is 0.00416. The number of carbonyl (C=O) groups excluding carboxylic acids is 2. The fourth-order valence-corrected chi connectivity index (χ4v) is 7.41. The van der Waals surface area contributed by atoms with Crippen LogP contribution in [0.2, 0.25) is 25.7 Å². The monoisotopic (exact) mass is 742 g/mol. The number of carbonyl (C=O) groups is 2. The molecule has 2 amide bonds. The van der Waals surface area contributed by atoms with Crippen LogP contribution in [0.5, 0.6) is 0 Å². The van der Waals surface area contributed by atoms with Crippen molar-refractivity contribution in [3.05, 3.63) is 66.2 Å². The summed E-state index contributed by atoms with van der Waals surface area (Å²) < 4.78 is 19.4. The molecule has 3 aromatic heterocycles. The second kappa shape index (κ2) is 16.7. The zero-order valence-corrected chi connectivity index (χ0v) is 33.0. The Hall–Kier alpha value is -4.37. The molecule has 284 valence electrons. The maximum Gasteiger partial charge on any atom is 0.407 e. The van der Waals surface area contributed by atoms with Crippen LogP contribution >= 0.6 is 0 Å². The molecule has 0 aliphatic carbocycles. The van der Waals surface area contributed by atoms with Crippen molar-refractivity contribution in [2.45, 2.75) is 84.2 Å². The maximum absolute atomic E-state index is 13.4. The molecule has 2 saturated heterocycles. The van der Waals surface area contributed by atoms with Crippen LogP contribution in [0.3, 0.4) is 0 Å². The molecule has 0 radical (unpaired) electrons. The SMILES string of the molecule is CC(C)(C)OC(=O)N[C@@H]1CCCN(Cc2cncc(C(=O)Nc3ccc(-c4cc5c(N6CCOCC6)ncnc5n4COCC[Si](C)(C)C)cc3)c2)C1. The predicted molar refractivity (Wildman–Crippen MR) is 210 cm³/mol. The average Bonchev–Trinajstić information content (AvgIpc) is 3.48. The summed E-state index contributed by atoms with van der Waals surface area (Å²) in [5.74, 6) is 0.670. The van der Waals surface area contributed by atoms with E-state index in [1.165, 1.54) is 0 Å². The highest BCUT2D eigenvalue weighted by Crippen LogP contribution is 2.33. The Kier molecular flexibility index (Phi) is 12.1. The number of rotatable bonds is 12. The Morgan fingerprint density at radius 3 is 2.53 bits per heavy atom. The van der Waals surface area contributed by atoms with Crippen molar-refractivity contribution in [1.82, 2.24) is 29.7 Å². The summed E-state index contributed by atoms with van der Waals surface area (Å²) in [6, 6.07) is 13.0. The van der Waals surface area contributed by atoms with Crippen LogP contribution < -0.4 is 15.5 Å². The van der Waals surface area contributed by atoms with Crippen LogP contribution in [0.4, 0.5) is 16.3 Å². The lowest BCUT2D eigenvalue weighted by Gasteiger charge is -2.33. The fourth-order valence-electron chi connectivity index (χ4n) is 6.66. The number of aromatic nitrogens is 4. The first-order valence-electron chi connectivity index (χ1n) is 18.6. The number of hydrogen-bond acceptors (Lipinski definition) is 10. The van der Waals surface area contributed by atoms with Crippen LogP contribution in [0.1, 0.15) is 49.5 Å². The fraction of sp³-hybridized carbons (Fsp3) is 0.513. The summed E-state index contributed by atoms with van der Waals surface area (Å²) in [6.45, 7) is 18.8. The van der Waals surface area contributed by atoms with Gasteiger partial charge in [-0.3, -0.25) is 14.7 Å². The Bertz CT molecular complexity index is 1860. The number of pyridine rings is 1. The van der Waals surface area contributed by atoms with Crippen molar-refractivity contribution in [3.63, 3.8) is 0 Å². The van der Waals surface area contributed by atoms with E-state index < -0.39 is 19.8 Å². The summed E-state index contributed by atoms with van der Waals surface area (Å²) in [7, 11) is -1.25. The number of nitrogens with zero attached hydrogens (tertiary/aromatic N) is 6. The third kappa shape index (κ3) is 10.6. The number of fused-ring (bicyclic) bond motifs is 1. The molecule has 0 saturated carbocycles. The highest BCUT2D eigenvalue weighted by molar-refractivity contribution is 6.76. The molecule has 53 heavy (non-hydrogen) atoms. The summed E-state index contributed by atoms with van der Waals surface area (Å²) >= 11 is 0. The van der Waals surface area contributed by atoms with E-state index in [4.69, 9.17) is 19.2 Å². The van der Waals surface area contributed by atoms with Crippen molar-refractivity contribution in [3.8, 4) is 11.3 Å². The zero-order valence-electron chi connectivity index (χ0n) is 32.0. The molecule has 1 aromatic carbocycles. The summed E-state index contributed by atoms with van der Waals surface area (Å²) in [6.07, 6.45) is 6.47. The molecular formula is C39H54N8O5Si. The number of ether oxygens (including phenoxy) is 3. The predicted octanol–water partition coefficient (Wildman–Crippen LogP) is 6.38. The normalized spacial score (nSPS) is 17.2. The lowest BCUT2D eigenvalue weighted by molar-refractivity contribution is 0.0470.